The van der Waals surface area contributed by atoms with Crippen molar-refractivity contribution in [2.24, 2.45) is 5.92 Å². The van der Waals surface area contributed by atoms with E-state index in [-0.39, 0.29) is 17.9 Å². The molecule has 0 bridgehead atoms. The molecule has 7 heteroatoms. The minimum atomic E-state index is -0.0691. The maximum Gasteiger partial charge on any atom is 0.317 e. The fourth-order valence-corrected chi connectivity index (χ4v) is 4.59. The van der Waals surface area contributed by atoms with Gasteiger partial charge >= 0.3 is 6.03 Å². The molecule has 1 aliphatic rings. The van der Waals surface area contributed by atoms with Crippen LogP contribution in [0.25, 0.3) is 10.6 Å². The molecule has 1 fully saturated rings. The highest BCUT2D eigenvalue weighted by molar-refractivity contribution is 7.13. The highest BCUT2D eigenvalue weighted by atomic mass is 32.1. The summed E-state index contributed by atoms with van der Waals surface area (Å²) in [6.45, 7) is 4.17. The average Bonchev–Trinajstić information content (AvgIpc) is 3.32. The molecule has 0 unspecified atom stereocenters. The van der Waals surface area contributed by atoms with E-state index in [9.17, 15) is 9.59 Å². The Bertz CT molecular complexity index is 1040. The molecule has 1 saturated heterocycles. The normalized spacial score (nSPS) is 14.2. The second kappa shape index (κ2) is 10.4. The number of hydrogen-bond acceptors (Lipinski definition) is 4. The summed E-state index contributed by atoms with van der Waals surface area (Å²) in [7, 11) is 0. The van der Waals surface area contributed by atoms with Crippen LogP contribution in [0.15, 0.2) is 60.0 Å². The Morgan fingerprint density at radius 2 is 1.72 bits per heavy atom. The molecule has 1 aliphatic heterocycles. The molecular formula is C25H28N4O2S. The number of amides is 3. The van der Waals surface area contributed by atoms with Crippen LogP contribution in [0.3, 0.4) is 0 Å². The van der Waals surface area contributed by atoms with Crippen LogP contribution in [0.1, 0.15) is 29.7 Å². The first-order valence-electron chi connectivity index (χ1n) is 10.9. The van der Waals surface area contributed by atoms with Crippen LogP contribution in [-0.2, 0) is 17.9 Å². The Morgan fingerprint density at radius 1 is 1.00 bits per heavy atom. The number of carbonyl (C=O) groups excluding carboxylic acids is 2. The van der Waals surface area contributed by atoms with E-state index < -0.39 is 0 Å². The SMILES string of the molecule is Cc1ccc(CNC(=O)N2CCC(C(=O)NCc3csc(-c4ccccc4)n3)CC2)cc1. The number of aryl methyl sites for hydroxylation is 1. The van der Waals surface area contributed by atoms with E-state index in [0.717, 1.165) is 21.8 Å². The summed E-state index contributed by atoms with van der Waals surface area (Å²) in [5, 5.41) is 8.94. The van der Waals surface area contributed by atoms with Gasteiger partial charge in [-0.15, -0.1) is 11.3 Å². The van der Waals surface area contributed by atoms with Gasteiger partial charge in [-0.3, -0.25) is 4.79 Å². The monoisotopic (exact) mass is 448 g/mol. The Labute approximate surface area is 192 Å². The number of benzene rings is 2. The van der Waals surface area contributed by atoms with E-state index in [4.69, 9.17) is 0 Å². The van der Waals surface area contributed by atoms with Gasteiger partial charge in [0.1, 0.15) is 5.01 Å². The quantitative estimate of drug-likeness (QED) is 0.589. The van der Waals surface area contributed by atoms with Gasteiger partial charge in [0.15, 0.2) is 0 Å². The number of hydrogen-bond donors (Lipinski definition) is 2. The van der Waals surface area contributed by atoms with Crippen LogP contribution in [0, 0.1) is 12.8 Å². The minimum absolute atomic E-state index is 0.0407. The van der Waals surface area contributed by atoms with Crippen molar-refractivity contribution in [2.75, 3.05) is 13.1 Å². The summed E-state index contributed by atoms with van der Waals surface area (Å²) in [5.74, 6) is -0.0256. The molecule has 166 valence electrons. The van der Waals surface area contributed by atoms with Crippen molar-refractivity contribution in [1.29, 1.82) is 0 Å². The number of thiazole rings is 1. The Kier molecular flexibility index (Phi) is 7.17. The fraction of sp³-hybridized carbons (Fsp3) is 0.320. The predicted octanol–water partition coefficient (Wildman–Crippen LogP) is 4.36. The Morgan fingerprint density at radius 3 is 2.44 bits per heavy atom. The summed E-state index contributed by atoms with van der Waals surface area (Å²) in [6.07, 6.45) is 1.35. The number of urea groups is 1. The van der Waals surface area contributed by atoms with E-state index in [1.165, 1.54) is 5.56 Å². The molecule has 6 nitrogen and oxygen atoms in total. The number of piperidine rings is 1. The zero-order chi connectivity index (χ0) is 22.3. The van der Waals surface area contributed by atoms with Crippen LogP contribution < -0.4 is 10.6 Å². The van der Waals surface area contributed by atoms with Gasteiger partial charge in [-0.25, -0.2) is 9.78 Å². The van der Waals surface area contributed by atoms with Gasteiger partial charge in [0.05, 0.1) is 12.2 Å². The lowest BCUT2D eigenvalue weighted by Gasteiger charge is -2.31. The van der Waals surface area contributed by atoms with Crippen molar-refractivity contribution in [1.82, 2.24) is 20.5 Å². The van der Waals surface area contributed by atoms with E-state index in [2.05, 4.69) is 15.6 Å². The van der Waals surface area contributed by atoms with Crippen LogP contribution in [0.4, 0.5) is 4.79 Å². The smallest absolute Gasteiger partial charge is 0.317 e. The van der Waals surface area contributed by atoms with Gasteiger partial charge in [-0.1, -0.05) is 60.2 Å². The summed E-state index contributed by atoms with van der Waals surface area (Å²) < 4.78 is 0. The predicted molar refractivity (Wildman–Crippen MR) is 127 cm³/mol. The zero-order valence-corrected chi connectivity index (χ0v) is 19.0. The molecule has 2 N–H and O–H groups in total. The van der Waals surface area contributed by atoms with Gasteiger partial charge in [-0.2, -0.15) is 0 Å². The van der Waals surface area contributed by atoms with Crippen molar-refractivity contribution in [3.8, 4) is 10.6 Å². The number of nitrogens with one attached hydrogen (secondary N) is 2. The molecule has 0 aliphatic carbocycles. The molecule has 1 aromatic heterocycles. The molecular weight excluding hydrogens is 420 g/mol. The van der Waals surface area contributed by atoms with E-state index >= 15 is 0 Å². The highest BCUT2D eigenvalue weighted by Gasteiger charge is 2.27. The van der Waals surface area contributed by atoms with E-state index in [1.807, 2.05) is 66.9 Å². The molecule has 3 aromatic rings. The van der Waals surface area contributed by atoms with E-state index in [0.29, 0.717) is 39.0 Å². The average molecular weight is 449 g/mol. The first-order chi connectivity index (χ1) is 15.6. The lowest BCUT2D eigenvalue weighted by Crippen LogP contribution is -2.46. The van der Waals surface area contributed by atoms with Crippen molar-refractivity contribution in [3.63, 3.8) is 0 Å². The number of carbonyl (C=O) groups is 2. The zero-order valence-electron chi connectivity index (χ0n) is 18.2. The lowest BCUT2D eigenvalue weighted by molar-refractivity contribution is -0.126. The summed E-state index contributed by atoms with van der Waals surface area (Å²) >= 11 is 1.58. The highest BCUT2D eigenvalue weighted by Crippen LogP contribution is 2.23. The number of aromatic nitrogens is 1. The summed E-state index contributed by atoms with van der Waals surface area (Å²) in [5.41, 5.74) is 4.24. The van der Waals surface area contributed by atoms with Crippen LogP contribution >= 0.6 is 11.3 Å². The number of nitrogens with zero attached hydrogens (tertiary/aromatic N) is 2. The van der Waals surface area contributed by atoms with E-state index in [1.54, 1.807) is 16.2 Å². The summed E-state index contributed by atoms with van der Waals surface area (Å²) in [6, 6.07) is 18.1. The maximum absolute atomic E-state index is 12.6. The fourth-order valence-electron chi connectivity index (χ4n) is 3.76. The van der Waals surface area contributed by atoms with Gasteiger partial charge in [0.2, 0.25) is 5.91 Å². The first kappa shape index (κ1) is 22.0. The third kappa shape index (κ3) is 5.73. The Balaban J connectivity index is 1.19. The second-order valence-electron chi connectivity index (χ2n) is 8.13. The molecule has 2 aromatic carbocycles. The number of likely N-dealkylation sites (tertiary alicyclic amines) is 1. The molecule has 32 heavy (non-hydrogen) atoms. The maximum atomic E-state index is 12.6. The van der Waals surface area contributed by atoms with Gasteiger partial charge in [0, 0.05) is 36.5 Å². The Hall–Kier alpha value is -3.19. The van der Waals surface area contributed by atoms with Crippen molar-refractivity contribution in [3.05, 3.63) is 76.8 Å². The lowest BCUT2D eigenvalue weighted by atomic mass is 9.96. The standard InChI is InChI=1S/C25H28N4O2S/c1-18-7-9-19(10-8-18)15-27-25(31)29-13-11-20(12-14-29)23(30)26-16-22-17-32-24(28-22)21-5-3-2-4-6-21/h2-10,17,20H,11-16H2,1H3,(H,26,30)(H,27,31). The molecule has 0 saturated carbocycles. The second-order valence-corrected chi connectivity index (χ2v) is 8.99. The third-order valence-electron chi connectivity index (χ3n) is 5.73. The topological polar surface area (TPSA) is 74.3 Å². The van der Waals surface area contributed by atoms with Gasteiger partial charge in [-0.05, 0) is 25.3 Å². The third-order valence-corrected chi connectivity index (χ3v) is 6.67. The van der Waals surface area contributed by atoms with Gasteiger partial charge in [0.25, 0.3) is 0 Å². The molecule has 2 heterocycles. The summed E-state index contributed by atoms with van der Waals surface area (Å²) in [4.78, 5) is 31.5. The largest absolute Gasteiger partial charge is 0.350 e. The van der Waals surface area contributed by atoms with Gasteiger partial charge < -0.3 is 15.5 Å². The van der Waals surface area contributed by atoms with Crippen molar-refractivity contribution in [2.45, 2.75) is 32.9 Å². The van der Waals surface area contributed by atoms with Crippen molar-refractivity contribution < 1.29 is 9.59 Å². The molecule has 4 rings (SSSR count). The van der Waals surface area contributed by atoms with Crippen LogP contribution in [0.2, 0.25) is 0 Å². The molecule has 3 amide bonds. The molecule has 0 atom stereocenters. The first-order valence-corrected chi connectivity index (χ1v) is 11.8. The molecule has 0 spiro atoms. The van der Waals surface area contributed by atoms with Crippen molar-refractivity contribution >= 4 is 23.3 Å². The minimum Gasteiger partial charge on any atom is -0.350 e. The molecule has 0 radical (unpaired) electrons. The van der Waals surface area contributed by atoms with Crippen LogP contribution in [-0.4, -0.2) is 34.9 Å². The number of rotatable bonds is 6. The van der Waals surface area contributed by atoms with Crippen LogP contribution in [0.5, 0.6) is 0 Å².